The molecule has 1 nitrogen and oxygen atoms in total. The molecule has 0 aromatic rings. The van der Waals surface area contributed by atoms with Gasteiger partial charge in [-0.3, -0.25) is 0 Å². The molecule has 0 aromatic carbocycles. The van der Waals surface area contributed by atoms with E-state index in [0.717, 1.165) is 12.5 Å². The summed E-state index contributed by atoms with van der Waals surface area (Å²) in [6, 6.07) is 0. The van der Waals surface area contributed by atoms with Crippen molar-refractivity contribution in [1.82, 2.24) is 5.54 Å². The lowest BCUT2D eigenvalue weighted by Crippen LogP contribution is -2.41. The standard InChI is InChI=1S/C4H8F3N.ClH/c1-4(2-5,3-6)8-7;/h8H,2-3H2,1H3;1H. The number of rotatable bonds is 3. The van der Waals surface area contributed by atoms with Crippen LogP contribution in [0.3, 0.4) is 0 Å². The van der Waals surface area contributed by atoms with Crippen LogP contribution in [0.25, 0.3) is 0 Å². The van der Waals surface area contributed by atoms with Crippen LogP contribution < -0.4 is 5.54 Å². The summed E-state index contributed by atoms with van der Waals surface area (Å²) in [6.45, 7) is -0.965. The van der Waals surface area contributed by atoms with E-state index in [2.05, 4.69) is 0 Å². The van der Waals surface area contributed by atoms with Crippen molar-refractivity contribution in [3.05, 3.63) is 0 Å². The second-order valence-corrected chi connectivity index (χ2v) is 1.92. The summed E-state index contributed by atoms with van der Waals surface area (Å²) in [5.74, 6) is 0. The normalized spacial score (nSPS) is 10.7. The Morgan fingerprint density at radius 1 is 1.33 bits per heavy atom. The summed E-state index contributed by atoms with van der Waals surface area (Å²) in [5.41, 5.74) is -0.597. The summed E-state index contributed by atoms with van der Waals surface area (Å²) < 4.78 is 34.3. The van der Waals surface area contributed by atoms with Gasteiger partial charge in [0.05, 0.1) is 0 Å². The first-order chi connectivity index (χ1) is 3.68. The molecule has 0 aliphatic carbocycles. The first-order valence-electron chi connectivity index (χ1n) is 2.18. The maximum Gasteiger partial charge on any atom is 0.112 e. The zero-order chi connectivity index (χ0) is 6.62. The fourth-order valence-corrected chi connectivity index (χ4v) is 0.0862. The Morgan fingerprint density at radius 3 is 1.67 bits per heavy atom. The fraction of sp³-hybridized carbons (Fsp3) is 1.00. The fourth-order valence-electron chi connectivity index (χ4n) is 0.0862. The lowest BCUT2D eigenvalue weighted by molar-refractivity contribution is 0.120. The zero-order valence-electron chi connectivity index (χ0n) is 4.96. The molecule has 0 amide bonds. The Bertz CT molecular complexity index is 58.6. The molecule has 0 spiro atoms. The Morgan fingerprint density at radius 2 is 1.67 bits per heavy atom. The molecule has 0 aliphatic heterocycles. The molecule has 58 valence electrons. The van der Waals surface area contributed by atoms with Gasteiger partial charge in [-0.15, -0.1) is 22.4 Å². The van der Waals surface area contributed by atoms with Crippen molar-refractivity contribution in [1.29, 1.82) is 0 Å². The molecule has 0 rings (SSSR count). The maximum absolute atomic E-state index is 11.5. The molecule has 0 fully saturated rings. The van der Waals surface area contributed by atoms with Crippen molar-refractivity contribution in [3.8, 4) is 0 Å². The van der Waals surface area contributed by atoms with Gasteiger partial charge in [-0.1, -0.05) is 0 Å². The van der Waals surface area contributed by atoms with E-state index in [4.69, 9.17) is 0 Å². The average molecular weight is 164 g/mol. The van der Waals surface area contributed by atoms with Crippen LogP contribution >= 0.6 is 12.4 Å². The lowest BCUT2D eigenvalue weighted by Gasteiger charge is -2.16. The predicted molar refractivity (Wildman–Crippen MR) is 31.8 cm³/mol. The molecule has 0 aromatic heterocycles. The molecule has 0 bridgehead atoms. The van der Waals surface area contributed by atoms with Gasteiger partial charge in [0.1, 0.15) is 18.9 Å². The Hall–Kier alpha value is 0.0400. The summed E-state index contributed by atoms with van der Waals surface area (Å²) in [5, 5.41) is 0. The van der Waals surface area contributed by atoms with Gasteiger partial charge in [-0.05, 0) is 6.92 Å². The van der Waals surface area contributed by atoms with Crippen molar-refractivity contribution >= 4 is 12.4 Å². The van der Waals surface area contributed by atoms with Crippen LogP contribution in [-0.4, -0.2) is 18.9 Å². The molecule has 0 radical (unpaired) electrons. The Balaban J connectivity index is 0. The number of halogens is 4. The van der Waals surface area contributed by atoms with Gasteiger partial charge in [0.25, 0.3) is 0 Å². The largest absolute Gasteiger partial charge is 0.249 e. The highest BCUT2D eigenvalue weighted by atomic mass is 35.5. The van der Waals surface area contributed by atoms with E-state index < -0.39 is 18.9 Å². The van der Waals surface area contributed by atoms with Crippen molar-refractivity contribution in [2.24, 2.45) is 0 Å². The molecule has 0 heterocycles. The van der Waals surface area contributed by atoms with Gasteiger partial charge in [-0.25, -0.2) is 8.78 Å². The van der Waals surface area contributed by atoms with Crippen molar-refractivity contribution in [2.45, 2.75) is 12.5 Å². The third-order valence-electron chi connectivity index (χ3n) is 0.818. The van der Waals surface area contributed by atoms with Crippen LogP contribution in [0.2, 0.25) is 0 Å². The molecule has 0 saturated carbocycles. The summed E-state index contributed by atoms with van der Waals surface area (Å²) in [7, 11) is 0. The molecule has 9 heavy (non-hydrogen) atoms. The number of hydrogen-bond donors (Lipinski definition) is 1. The molecular formula is C4H9ClF3N. The number of alkyl halides is 2. The maximum atomic E-state index is 11.5. The summed E-state index contributed by atoms with van der Waals surface area (Å²) in [6.07, 6.45) is 0. The van der Waals surface area contributed by atoms with E-state index in [1.54, 1.807) is 0 Å². The van der Waals surface area contributed by atoms with Crippen LogP contribution in [0, 0.1) is 0 Å². The van der Waals surface area contributed by atoms with Crippen LogP contribution in [0.5, 0.6) is 0 Å². The van der Waals surface area contributed by atoms with E-state index in [1.165, 1.54) is 0 Å². The van der Waals surface area contributed by atoms with Gasteiger partial charge < -0.3 is 0 Å². The SMILES string of the molecule is CC(CF)(CF)NF.Cl. The van der Waals surface area contributed by atoms with Crippen LogP contribution in [-0.2, 0) is 0 Å². The average Bonchev–Trinajstić information content (AvgIpc) is 1.87. The summed E-state index contributed by atoms with van der Waals surface area (Å²) in [4.78, 5) is 0. The van der Waals surface area contributed by atoms with Crippen molar-refractivity contribution in [2.75, 3.05) is 13.3 Å². The van der Waals surface area contributed by atoms with Crippen LogP contribution in [0.4, 0.5) is 13.3 Å². The van der Waals surface area contributed by atoms with Crippen molar-refractivity contribution < 1.29 is 13.3 Å². The molecule has 0 aliphatic rings. The highest BCUT2D eigenvalue weighted by Gasteiger charge is 2.23. The highest BCUT2D eigenvalue weighted by molar-refractivity contribution is 5.85. The first-order valence-corrected chi connectivity index (χ1v) is 2.18. The Kier molecular flexibility index (Phi) is 6.39. The van der Waals surface area contributed by atoms with Gasteiger partial charge in [0.15, 0.2) is 0 Å². The van der Waals surface area contributed by atoms with Crippen molar-refractivity contribution in [3.63, 3.8) is 0 Å². The second kappa shape index (κ2) is 4.88. The van der Waals surface area contributed by atoms with E-state index in [0.29, 0.717) is 0 Å². The molecule has 0 saturated heterocycles. The van der Waals surface area contributed by atoms with E-state index in [-0.39, 0.29) is 12.4 Å². The Labute approximate surface area is 58.0 Å². The third kappa shape index (κ3) is 3.59. The lowest BCUT2D eigenvalue weighted by atomic mass is 10.1. The summed E-state index contributed by atoms with van der Waals surface area (Å²) >= 11 is 0. The first kappa shape index (κ1) is 11.8. The molecular weight excluding hydrogens is 154 g/mol. The monoisotopic (exact) mass is 163 g/mol. The third-order valence-corrected chi connectivity index (χ3v) is 0.818. The van der Waals surface area contributed by atoms with Crippen LogP contribution in [0.1, 0.15) is 6.92 Å². The highest BCUT2D eigenvalue weighted by Crippen LogP contribution is 2.04. The van der Waals surface area contributed by atoms with Crippen LogP contribution in [0.15, 0.2) is 0 Å². The smallest absolute Gasteiger partial charge is 0.112 e. The van der Waals surface area contributed by atoms with E-state index >= 15 is 0 Å². The van der Waals surface area contributed by atoms with Gasteiger partial charge >= 0.3 is 0 Å². The molecule has 1 N–H and O–H groups in total. The topological polar surface area (TPSA) is 12.0 Å². The molecule has 5 heteroatoms. The van der Waals surface area contributed by atoms with Gasteiger partial charge in [0.2, 0.25) is 0 Å². The molecule has 0 unspecified atom stereocenters. The quantitative estimate of drug-likeness (QED) is 0.623. The number of hydrogen-bond acceptors (Lipinski definition) is 1. The minimum absolute atomic E-state index is 0. The minimum Gasteiger partial charge on any atom is -0.249 e. The van der Waals surface area contributed by atoms with Gasteiger partial charge in [-0.2, -0.15) is 0 Å². The van der Waals surface area contributed by atoms with E-state index in [1.807, 2.05) is 0 Å². The predicted octanol–water partition coefficient (Wildman–Crippen LogP) is 1.58. The minimum atomic E-state index is -1.62. The zero-order valence-corrected chi connectivity index (χ0v) is 5.77. The second-order valence-electron chi connectivity index (χ2n) is 1.92. The molecule has 0 atom stereocenters. The van der Waals surface area contributed by atoms with Gasteiger partial charge in [0, 0.05) is 0 Å². The number of nitrogens with one attached hydrogen (secondary N) is 1. The van der Waals surface area contributed by atoms with E-state index in [9.17, 15) is 13.3 Å².